The first-order valence-electron chi connectivity index (χ1n) is 6.49. The van der Waals surface area contributed by atoms with Crippen LogP contribution in [0, 0.1) is 0 Å². The van der Waals surface area contributed by atoms with E-state index in [4.69, 9.17) is 0 Å². The van der Waals surface area contributed by atoms with Gasteiger partial charge in [0.15, 0.2) is 0 Å². The van der Waals surface area contributed by atoms with Gasteiger partial charge in [-0.1, -0.05) is 6.92 Å². The molecule has 0 heterocycles. The van der Waals surface area contributed by atoms with Gasteiger partial charge in [-0.05, 0) is 32.2 Å². The second-order valence-corrected chi connectivity index (χ2v) is 4.47. The summed E-state index contributed by atoms with van der Waals surface area (Å²) >= 11 is 0. The summed E-state index contributed by atoms with van der Waals surface area (Å²) in [5.74, 6) is 0.104. The molecule has 17 heavy (non-hydrogen) atoms. The Hall–Kier alpha value is -1.10. The summed E-state index contributed by atoms with van der Waals surface area (Å²) in [6.07, 6.45) is 4.46. The highest BCUT2D eigenvalue weighted by atomic mass is 16.2. The number of carbonyl (C=O) groups is 2. The van der Waals surface area contributed by atoms with E-state index in [9.17, 15) is 9.59 Å². The van der Waals surface area contributed by atoms with Crippen molar-refractivity contribution in [3.63, 3.8) is 0 Å². The lowest BCUT2D eigenvalue weighted by atomic mass is 10.3. The van der Waals surface area contributed by atoms with Crippen LogP contribution in [0.2, 0.25) is 0 Å². The van der Waals surface area contributed by atoms with Crippen LogP contribution in [0.25, 0.3) is 0 Å². The third-order valence-corrected chi connectivity index (χ3v) is 2.56. The zero-order valence-electron chi connectivity index (χ0n) is 10.6. The summed E-state index contributed by atoms with van der Waals surface area (Å²) in [6.45, 7) is 3.85. The molecule has 0 saturated heterocycles. The predicted molar refractivity (Wildman–Crippen MR) is 66.6 cm³/mol. The van der Waals surface area contributed by atoms with E-state index in [0.717, 1.165) is 25.8 Å². The molecule has 0 radical (unpaired) electrons. The first kappa shape index (κ1) is 14.0. The summed E-state index contributed by atoms with van der Waals surface area (Å²) in [5.41, 5.74) is 0. The van der Waals surface area contributed by atoms with Crippen LogP contribution in [0.3, 0.4) is 0 Å². The van der Waals surface area contributed by atoms with Crippen molar-refractivity contribution in [1.29, 1.82) is 0 Å². The minimum Gasteiger partial charge on any atom is -0.355 e. The minimum absolute atomic E-state index is 0.000973. The maximum Gasteiger partial charge on any atom is 0.233 e. The fourth-order valence-electron chi connectivity index (χ4n) is 1.45. The molecule has 5 heteroatoms. The molecule has 1 aliphatic carbocycles. The number of carbonyl (C=O) groups excluding carboxylic acids is 2. The van der Waals surface area contributed by atoms with E-state index in [0.29, 0.717) is 32.0 Å². The normalized spacial score (nSPS) is 14.4. The second kappa shape index (κ2) is 8.06. The average molecular weight is 241 g/mol. The maximum atomic E-state index is 11.3. The molecular weight excluding hydrogens is 218 g/mol. The van der Waals surface area contributed by atoms with Gasteiger partial charge in [-0.2, -0.15) is 0 Å². The van der Waals surface area contributed by atoms with Crippen LogP contribution in [-0.4, -0.2) is 37.5 Å². The predicted octanol–water partition coefficient (Wildman–Crippen LogP) is 0.161. The van der Waals surface area contributed by atoms with Gasteiger partial charge in [0, 0.05) is 19.0 Å². The third kappa shape index (κ3) is 7.74. The van der Waals surface area contributed by atoms with E-state index in [1.165, 1.54) is 0 Å². The van der Waals surface area contributed by atoms with Crippen LogP contribution in [0.15, 0.2) is 0 Å². The van der Waals surface area contributed by atoms with Gasteiger partial charge in [0.05, 0.1) is 6.54 Å². The van der Waals surface area contributed by atoms with Crippen molar-refractivity contribution in [2.45, 2.75) is 45.1 Å². The Morgan fingerprint density at radius 2 is 1.94 bits per heavy atom. The number of hydrogen-bond acceptors (Lipinski definition) is 3. The van der Waals surface area contributed by atoms with Crippen molar-refractivity contribution in [1.82, 2.24) is 16.0 Å². The van der Waals surface area contributed by atoms with Crippen LogP contribution in [0.5, 0.6) is 0 Å². The van der Waals surface area contributed by atoms with E-state index < -0.39 is 0 Å². The van der Waals surface area contributed by atoms with Gasteiger partial charge in [0.2, 0.25) is 11.8 Å². The van der Waals surface area contributed by atoms with Gasteiger partial charge in [-0.25, -0.2) is 0 Å². The standard InChI is InChI=1S/C12H23N3O2/c1-2-7-13-9-12(17)14-8-3-4-11(16)15-10-5-6-10/h10,13H,2-9H2,1H3,(H,14,17)(H,15,16). The Balaban J connectivity index is 1.88. The molecule has 1 fully saturated rings. The lowest BCUT2D eigenvalue weighted by Gasteiger charge is -2.06. The molecule has 3 N–H and O–H groups in total. The fourth-order valence-corrected chi connectivity index (χ4v) is 1.45. The molecule has 5 nitrogen and oxygen atoms in total. The van der Waals surface area contributed by atoms with Crippen molar-refractivity contribution < 1.29 is 9.59 Å². The Morgan fingerprint density at radius 3 is 2.59 bits per heavy atom. The molecule has 98 valence electrons. The van der Waals surface area contributed by atoms with Gasteiger partial charge in [-0.3, -0.25) is 9.59 Å². The molecule has 0 aromatic rings. The highest BCUT2D eigenvalue weighted by Gasteiger charge is 2.22. The number of hydrogen-bond donors (Lipinski definition) is 3. The number of amides is 2. The van der Waals surface area contributed by atoms with Crippen molar-refractivity contribution in [3.8, 4) is 0 Å². The van der Waals surface area contributed by atoms with Crippen LogP contribution < -0.4 is 16.0 Å². The molecule has 1 saturated carbocycles. The Kier molecular flexibility index (Phi) is 6.62. The van der Waals surface area contributed by atoms with Gasteiger partial charge >= 0.3 is 0 Å². The molecule has 0 aromatic carbocycles. The molecule has 1 rings (SSSR count). The first-order chi connectivity index (χ1) is 8.22. The molecule has 0 unspecified atom stereocenters. The summed E-state index contributed by atoms with van der Waals surface area (Å²) in [7, 11) is 0. The highest BCUT2D eigenvalue weighted by Crippen LogP contribution is 2.18. The van der Waals surface area contributed by atoms with Crippen LogP contribution in [0.1, 0.15) is 39.0 Å². The lowest BCUT2D eigenvalue weighted by Crippen LogP contribution is -2.35. The van der Waals surface area contributed by atoms with Gasteiger partial charge in [-0.15, -0.1) is 0 Å². The zero-order valence-corrected chi connectivity index (χ0v) is 10.6. The van der Waals surface area contributed by atoms with Crippen molar-refractivity contribution in [2.75, 3.05) is 19.6 Å². The molecule has 0 aromatic heterocycles. The van der Waals surface area contributed by atoms with Crippen LogP contribution in [0.4, 0.5) is 0 Å². The summed E-state index contributed by atoms with van der Waals surface area (Å²) < 4.78 is 0. The topological polar surface area (TPSA) is 70.2 Å². The average Bonchev–Trinajstić information content (AvgIpc) is 3.09. The molecule has 0 spiro atoms. The number of rotatable bonds is 9. The minimum atomic E-state index is 0.000973. The van der Waals surface area contributed by atoms with Crippen molar-refractivity contribution >= 4 is 11.8 Å². The lowest BCUT2D eigenvalue weighted by molar-refractivity contribution is -0.122. The third-order valence-electron chi connectivity index (χ3n) is 2.56. The maximum absolute atomic E-state index is 11.3. The molecule has 2 amide bonds. The quantitative estimate of drug-likeness (QED) is 0.504. The second-order valence-electron chi connectivity index (χ2n) is 4.47. The Morgan fingerprint density at radius 1 is 1.18 bits per heavy atom. The van der Waals surface area contributed by atoms with E-state index >= 15 is 0 Å². The van der Waals surface area contributed by atoms with Crippen molar-refractivity contribution in [3.05, 3.63) is 0 Å². The summed E-state index contributed by atoms with van der Waals surface area (Å²) in [4.78, 5) is 22.6. The highest BCUT2D eigenvalue weighted by molar-refractivity contribution is 5.78. The molecule has 0 atom stereocenters. The first-order valence-corrected chi connectivity index (χ1v) is 6.49. The molecule has 0 aliphatic heterocycles. The molecular formula is C12H23N3O2. The monoisotopic (exact) mass is 241 g/mol. The van der Waals surface area contributed by atoms with Crippen LogP contribution >= 0.6 is 0 Å². The Bertz CT molecular complexity index is 252. The summed E-state index contributed by atoms with van der Waals surface area (Å²) in [5, 5.41) is 8.73. The van der Waals surface area contributed by atoms with E-state index in [1.807, 2.05) is 0 Å². The summed E-state index contributed by atoms with van der Waals surface area (Å²) in [6, 6.07) is 0.426. The molecule has 1 aliphatic rings. The van der Waals surface area contributed by atoms with E-state index in [2.05, 4.69) is 22.9 Å². The zero-order chi connectivity index (χ0) is 12.5. The SMILES string of the molecule is CCCNCC(=O)NCCCC(=O)NC1CC1. The fraction of sp³-hybridized carbons (Fsp3) is 0.833. The Labute approximate surface area is 103 Å². The largest absolute Gasteiger partial charge is 0.355 e. The van der Waals surface area contributed by atoms with Gasteiger partial charge in [0.1, 0.15) is 0 Å². The smallest absolute Gasteiger partial charge is 0.233 e. The van der Waals surface area contributed by atoms with E-state index in [1.54, 1.807) is 0 Å². The van der Waals surface area contributed by atoms with Crippen LogP contribution in [-0.2, 0) is 9.59 Å². The van der Waals surface area contributed by atoms with Crippen molar-refractivity contribution in [2.24, 2.45) is 0 Å². The number of nitrogens with one attached hydrogen (secondary N) is 3. The van der Waals surface area contributed by atoms with Gasteiger partial charge < -0.3 is 16.0 Å². The van der Waals surface area contributed by atoms with E-state index in [-0.39, 0.29) is 11.8 Å². The van der Waals surface area contributed by atoms with Gasteiger partial charge in [0.25, 0.3) is 0 Å². The molecule has 0 bridgehead atoms.